The molecule has 1 fully saturated rings. The van der Waals surface area contributed by atoms with Gasteiger partial charge in [-0.05, 0) is 48.5 Å². The second kappa shape index (κ2) is 8.24. The van der Waals surface area contributed by atoms with Crippen LogP contribution < -0.4 is 9.64 Å². The minimum Gasteiger partial charge on any atom is -0.488 e. The molecule has 3 rings (SSSR count). The first-order chi connectivity index (χ1) is 14.2. The quantitative estimate of drug-likeness (QED) is 0.747. The van der Waals surface area contributed by atoms with Crippen molar-refractivity contribution in [3.63, 3.8) is 0 Å². The second-order valence-electron chi connectivity index (χ2n) is 6.92. The lowest BCUT2D eigenvalue weighted by molar-refractivity contribution is -0.137. The van der Waals surface area contributed by atoms with E-state index in [-0.39, 0.29) is 18.7 Å². The van der Waals surface area contributed by atoms with Crippen LogP contribution in [0.2, 0.25) is 0 Å². The molecule has 0 unspecified atom stereocenters. The van der Waals surface area contributed by atoms with Crippen LogP contribution in [0.15, 0.2) is 48.5 Å². The number of methoxy groups -OCH3 is 1. The molecule has 2 atom stereocenters. The van der Waals surface area contributed by atoms with Crippen molar-refractivity contribution in [1.82, 2.24) is 0 Å². The molecule has 0 aliphatic carbocycles. The van der Waals surface area contributed by atoms with Crippen molar-refractivity contribution >= 4 is 11.7 Å². The Balaban J connectivity index is 1.80. The standard InChI is InChI=1S/C21H19F3N2O4/c1-29-19(28)14-2-6-16(7-3-14)26-11-18(10-20(26,12-25)13-27)30-17-8-4-15(5-9-17)21(22,23)24/h2-9,18,27H,10-11,13H2,1H3/t18-,20-/m0/s1. The molecular formula is C21H19F3N2O4. The summed E-state index contributed by atoms with van der Waals surface area (Å²) in [6.45, 7) is -0.234. The molecular weight excluding hydrogens is 401 g/mol. The summed E-state index contributed by atoms with van der Waals surface area (Å²) in [7, 11) is 1.27. The van der Waals surface area contributed by atoms with Gasteiger partial charge < -0.3 is 19.5 Å². The summed E-state index contributed by atoms with van der Waals surface area (Å²) < 4.78 is 48.6. The van der Waals surface area contributed by atoms with E-state index in [1.165, 1.54) is 19.2 Å². The van der Waals surface area contributed by atoms with Gasteiger partial charge in [0, 0.05) is 12.1 Å². The third-order valence-corrected chi connectivity index (χ3v) is 5.02. The van der Waals surface area contributed by atoms with Crippen molar-refractivity contribution in [2.24, 2.45) is 0 Å². The predicted octanol–water partition coefficient (Wildman–Crippen LogP) is 3.40. The Kier molecular flexibility index (Phi) is 5.89. The number of ether oxygens (including phenoxy) is 2. The van der Waals surface area contributed by atoms with Gasteiger partial charge in [-0.1, -0.05) is 0 Å². The molecule has 1 heterocycles. The highest BCUT2D eigenvalue weighted by Crippen LogP contribution is 2.36. The first kappa shape index (κ1) is 21.5. The molecule has 2 aromatic carbocycles. The number of anilines is 1. The molecule has 0 spiro atoms. The molecule has 0 amide bonds. The fourth-order valence-electron chi connectivity index (χ4n) is 3.46. The van der Waals surface area contributed by atoms with E-state index < -0.39 is 36.0 Å². The molecule has 0 saturated carbocycles. The third kappa shape index (κ3) is 4.19. The average molecular weight is 420 g/mol. The Morgan fingerprint density at radius 2 is 1.87 bits per heavy atom. The van der Waals surface area contributed by atoms with Gasteiger partial charge in [-0.3, -0.25) is 0 Å². The third-order valence-electron chi connectivity index (χ3n) is 5.02. The van der Waals surface area contributed by atoms with E-state index in [0.717, 1.165) is 12.1 Å². The van der Waals surface area contributed by atoms with Gasteiger partial charge in [-0.2, -0.15) is 18.4 Å². The largest absolute Gasteiger partial charge is 0.488 e. The highest BCUT2D eigenvalue weighted by molar-refractivity contribution is 5.89. The van der Waals surface area contributed by atoms with Crippen LogP contribution >= 0.6 is 0 Å². The average Bonchev–Trinajstić information content (AvgIpc) is 3.11. The van der Waals surface area contributed by atoms with Gasteiger partial charge in [0.05, 0.1) is 37.5 Å². The van der Waals surface area contributed by atoms with Gasteiger partial charge in [0.25, 0.3) is 0 Å². The smallest absolute Gasteiger partial charge is 0.416 e. The van der Waals surface area contributed by atoms with Crippen LogP contribution in [0.1, 0.15) is 22.3 Å². The number of benzene rings is 2. The van der Waals surface area contributed by atoms with Crippen LogP contribution in [0.25, 0.3) is 0 Å². The fourth-order valence-corrected chi connectivity index (χ4v) is 3.46. The minimum absolute atomic E-state index is 0.153. The molecule has 2 aromatic rings. The summed E-state index contributed by atoms with van der Waals surface area (Å²) in [4.78, 5) is 13.3. The summed E-state index contributed by atoms with van der Waals surface area (Å²) in [6.07, 6.45) is -4.82. The number of aliphatic hydroxyl groups is 1. The van der Waals surface area contributed by atoms with Gasteiger partial charge in [0.2, 0.25) is 0 Å². The van der Waals surface area contributed by atoms with Gasteiger partial charge in [0.1, 0.15) is 11.9 Å². The molecule has 30 heavy (non-hydrogen) atoms. The normalized spacial score (nSPS) is 21.2. The molecule has 6 nitrogen and oxygen atoms in total. The van der Waals surface area contributed by atoms with Crippen molar-refractivity contribution in [2.75, 3.05) is 25.2 Å². The number of nitriles is 1. The number of esters is 1. The molecule has 0 radical (unpaired) electrons. The number of nitrogens with zero attached hydrogens (tertiary/aromatic N) is 2. The number of carbonyl (C=O) groups is 1. The first-order valence-corrected chi connectivity index (χ1v) is 9.04. The number of halogens is 3. The van der Waals surface area contributed by atoms with Gasteiger partial charge >= 0.3 is 12.1 Å². The minimum atomic E-state index is -4.44. The Morgan fingerprint density at radius 3 is 2.37 bits per heavy atom. The zero-order valence-corrected chi connectivity index (χ0v) is 16.0. The van der Waals surface area contributed by atoms with Gasteiger partial charge in [0.15, 0.2) is 5.54 Å². The number of alkyl halides is 3. The monoisotopic (exact) mass is 420 g/mol. The van der Waals surface area contributed by atoms with Gasteiger partial charge in [-0.25, -0.2) is 4.79 Å². The Labute approximate surface area is 171 Å². The van der Waals surface area contributed by atoms with Crippen molar-refractivity contribution < 1.29 is 32.5 Å². The van der Waals surface area contributed by atoms with E-state index in [9.17, 15) is 28.3 Å². The fraction of sp³-hybridized carbons (Fsp3) is 0.333. The maximum absolute atomic E-state index is 12.7. The number of rotatable bonds is 5. The maximum atomic E-state index is 12.7. The summed E-state index contributed by atoms with van der Waals surface area (Å²) in [5.41, 5.74) is -1.11. The summed E-state index contributed by atoms with van der Waals surface area (Å²) in [6, 6.07) is 12.8. The molecule has 1 saturated heterocycles. The van der Waals surface area contributed by atoms with Crippen LogP contribution in [0.3, 0.4) is 0 Å². The molecule has 1 aliphatic rings. The molecule has 9 heteroatoms. The van der Waals surface area contributed by atoms with E-state index in [0.29, 0.717) is 11.3 Å². The van der Waals surface area contributed by atoms with Crippen LogP contribution in [-0.4, -0.2) is 43.0 Å². The lowest BCUT2D eigenvalue weighted by atomic mass is 9.98. The zero-order valence-electron chi connectivity index (χ0n) is 16.0. The molecule has 0 aromatic heterocycles. The molecule has 1 N–H and O–H groups in total. The molecule has 1 aliphatic heterocycles. The van der Waals surface area contributed by atoms with Gasteiger partial charge in [-0.15, -0.1) is 0 Å². The van der Waals surface area contributed by atoms with Crippen LogP contribution in [0.5, 0.6) is 5.75 Å². The summed E-state index contributed by atoms with van der Waals surface area (Å²) in [5, 5.41) is 19.7. The summed E-state index contributed by atoms with van der Waals surface area (Å²) >= 11 is 0. The Hall–Kier alpha value is -3.25. The van der Waals surface area contributed by atoms with Crippen LogP contribution in [0.4, 0.5) is 18.9 Å². The number of carbonyl (C=O) groups excluding carboxylic acids is 1. The Bertz CT molecular complexity index is 939. The van der Waals surface area contributed by atoms with Crippen molar-refractivity contribution in [3.05, 3.63) is 59.7 Å². The molecule has 158 valence electrons. The van der Waals surface area contributed by atoms with Crippen molar-refractivity contribution in [3.8, 4) is 11.8 Å². The number of hydrogen-bond acceptors (Lipinski definition) is 6. The summed E-state index contributed by atoms with van der Waals surface area (Å²) in [5.74, 6) is -0.263. The number of hydrogen-bond donors (Lipinski definition) is 1. The zero-order chi connectivity index (χ0) is 21.9. The van der Waals surface area contributed by atoms with E-state index in [1.54, 1.807) is 29.2 Å². The highest BCUT2D eigenvalue weighted by Gasteiger charge is 2.47. The second-order valence-corrected chi connectivity index (χ2v) is 6.92. The number of aliphatic hydroxyl groups excluding tert-OH is 1. The topological polar surface area (TPSA) is 82.8 Å². The van der Waals surface area contributed by atoms with E-state index in [1.807, 2.05) is 0 Å². The lowest BCUT2D eigenvalue weighted by Crippen LogP contribution is -2.46. The first-order valence-electron chi connectivity index (χ1n) is 9.04. The van der Waals surface area contributed by atoms with E-state index in [4.69, 9.17) is 4.74 Å². The van der Waals surface area contributed by atoms with E-state index >= 15 is 0 Å². The lowest BCUT2D eigenvalue weighted by Gasteiger charge is -2.32. The van der Waals surface area contributed by atoms with Crippen molar-refractivity contribution in [1.29, 1.82) is 5.26 Å². The SMILES string of the molecule is COC(=O)c1ccc(N2C[C@@H](Oc3ccc(C(F)(F)F)cc3)C[C@]2(C#N)CO)cc1. The van der Waals surface area contributed by atoms with E-state index in [2.05, 4.69) is 10.8 Å². The van der Waals surface area contributed by atoms with Crippen LogP contribution in [-0.2, 0) is 10.9 Å². The molecule has 0 bridgehead atoms. The highest BCUT2D eigenvalue weighted by atomic mass is 19.4. The predicted molar refractivity (Wildman–Crippen MR) is 101 cm³/mol. The Morgan fingerprint density at radius 1 is 1.23 bits per heavy atom. The van der Waals surface area contributed by atoms with Crippen molar-refractivity contribution in [2.45, 2.75) is 24.2 Å². The maximum Gasteiger partial charge on any atom is 0.416 e. The van der Waals surface area contributed by atoms with Crippen LogP contribution in [0, 0.1) is 11.3 Å².